The van der Waals surface area contributed by atoms with Crippen molar-refractivity contribution in [1.29, 1.82) is 0 Å². The van der Waals surface area contributed by atoms with Gasteiger partial charge < -0.3 is 35.0 Å². The van der Waals surface area contributed by atoms with Crippen molar-refractivity contribution < 1.29 is 34.4 Å². The summed E-state index contributed by atoms with van der Waals surface area (Å²) in [4.78, 5) is 29.9. The molecule has 10 nitrogen and oxygen atoms in total. The number of hydrogen-bond acceptors (Lipinski definition) is 8. The van der Waals surface area contributed by atoms with Crippen molar-refractivity contribution in [2.24, 2.45) is 5.92 Å². The van der Waals surface area contributed by atoms with E-state index in [1.165, 1.54) is 12.8 Å². The van der Waals surface area contributed by atoms with E-state index in [0.717, 1.165) is 24.2 Å². The first-order valence-electron chi connectivity index (χ1n) is 14.9. The Labute approximate surface area is 241 Å². The molecule has 3 fully saturated rings. The zero-order chi connectivity index (χ0) is 29.5. The molecule has 10 heteroatoms. The molecule has 5 aliphatic rings. The molecular formula is C31H43N3O7. The van der Waals surface area contributed by atoms with Gasteiger partial charge in [0, 0.05) is 31.2 Å². The Morgan fingerprint density at radius 1 is 1.20 bits per heavy atom. The zero-order valence-electron chi connectivity index (χ0n) is 24.7. The average Bonchev–Trinajstić information content (AvgIpc) is 3.45. The first-order chi connectivity index (χ1) is 19.2. The third kappa shape index (κ3) is 4.54. The van der Waals surface area contributed by atoms with Crippen LogP contribution < -0.4 is 10.1 Å². The maximum Gasteiger partial charge on any atom is 0.407 e. The fourth-order valence-corrected chi connectivity index (χ4v) is 7.65. The van der Waals surface area contributed by atoms with Gasteiger partial charge in [-0.1, -0.05) is 6.07 Å². The second-order valence-electron chi connectivity index (χ2n) is 13.9. The molecule has 2 amide bonds. The molecule has 0 radical (unpaired) electrons. The number of nitrogens with one attached hydrogen (secondary N) is 1. The minimum absolute atomic E-state index is 0.0346. The predicted molar refractivity (Wildman–Crippen MR) is 151 cm³/mol. The zero-order valence-corrected chi connectivity index (χ0v) is 24.7. The molecule has 3 aliphatic heterocycles. The van der Waals surface area contributed by atoms with Crippen molar-refractivity contribution in [3.8, 4) is 11.5 Å². The molecule has 1 aromatic rings. The molecule has 41 heavy (non-hydrogen) atoms. The summed E-state index contributed by atoms with van der Waals surface area (Å²) in [5.41, 5.74) is -1.02. The summed E-state index contributed by atoms with van der Waals surface area (Å²) < 4.78 is 11.7. The normalized spacial score (nSPS) is 33.1. The van der Waals surface area contributed by atoms with Crippen molar-refractivity contribution in [1.82, 2.24) is 15.1 Å². The van der Waals surface area contributed by atoms with Crippen LogP contribution in [0.25, 0.3) is 0 Å². The molecule has 1 aromatic carbocycles. The highest BCUT2D eigenvalue weighted by Gasteiger charge is 2.69. The molecule has 2 aliphatic carbocycles. The van der Waals surface area contributed by atoms with E-state index in [1.54, 1.807) is 38.7 Å². The Bertz CT molecular complexity index is 1300. The van der Waals surface area contributed by atoms with Crippen LogP contribution in [0.5, 0.6) is 11.5 Å². The van der Waals surface area contributed by atoms with Crippen LogP contribution in [-0.4, -0.2) is 92.7 Å². The maximum atomic E-state index is 13.6. The summed E-state index contributed by atoms with van der Waals surface area (Å²) in [6.07, 6.45) is 2.60. The first-order valence-corrected chi connectivity index (χ1v) is 14.9. The van der Waals surface area contributed by atoms with Gasteiger partial charge in [-0.25, -0.2) is 4.79 Å². The molecule has 6 rings (SSSR count). The van der Waals surface area contributed by atoms with E-state index < -0.39 is 28.8 Å². The van der Waals surface area contributed by atoms with Gasteiger partial charge in [-0.15, -0.1) is 0 Å². The van der Waals surface area contributed by atoms with Crippen molar-refractivity contribution in [2.45, 2.75) is 102 Å². The first kappa shape index (κ1) is 28.2. The van der Waals surface area contributed by atoms with Gasteiger partial charge in [-0.05, 0) is 90.8 Å². The van der Waals surface area contributed by atoms with Gasteiger partial charge in [0.25, 0.3) is 5.91 Å². The van der Waals surface area contributed by atoms with Crippen LogP contribution in [0.4, 0.5) is 4.79 Å². The second kappa shape index (κ2) is 9.52. The Hall–Kier alpha value is -2.98. The van der Waals surface area contributed by atoms with Gasteiger partial charge in [0.05, 0.1) is 22.6 Å². The van der Waals surface area contributed by atoms with Crippen LogP contribution in [0.3, 0.4) is 0 Å². The molecule has 2 saturated heterocycles. The molecule has 5 atom stereocenters. The fourth-order valence-electron chi connectivity index (χ4n) is 7.65. The standard InChI is InChI=1S/C31H43N3O7/c1-17(27(37)34-12-10-20(16-34)32-28(38)41-29(2,3)4)24(36)26-31-11-13-33(15-18-6-7-18)22(30(31,5)39)14-19-8-9-21(35)25(40-26)23(19)31/h8-9,18,20,22,26,35-36,39H,6-7,10-16H2,1-5H3,(H,32,38)/b24-17-/t20-,22+,26-,30+,31-/m0/s1. The molecule has 0 unspecified atom stereocenters. The van der Waals surface area contributed by atoms with Gasteiger partial charge in [-0.2, -0.15) is 0 Å². The van der Waals surface area contributed by atoms with Crippen molar-refractivity contribution in [2.75, 3.05) is 26.2 Å². The van der Waals surface area contributed by atoms with Gasteiger partial charge >= 0.3 is 6.09 Å². The number of ether oxygens (including phenoxy) is 2. The second-order valence-corrected chi connectivity index (χ2v) is 13.9. The molecule has 1 spiro atoms. The topological polar surface area (TPSA) is 132 Å². The van der Waals surface area contributed by atoms with E-state index in [2.05, 4.69) is 10.2 Å². The summed E-state index contributed by atoms with van der Waals surface area (Å²) in [5.74, 6) is 0.338. The summed E-state index contributed by atoms with van der Waals surface area (Å²) in [5, 5.41) is 37.7. The summed E-state index contributed by atoms with van der Waals surface area (Å²) in [7, 11) is 0. The number of nitrogens with zero attached hydrogens (tertiary/aromatic N) is 2. The maximum absolute atomic E-state index is 13.6. The number of phenolic OH excluding ortho intramolecular Hbond substituents is 1. The van der Waals surface area contributed by atoms with E-state index >= 15 is 0 Å². The fraction of sp³-hybridized carbons (Fsp3) is 0.677. The van der Waals surface area contributed by atoms with Gasteiger partial charge in [0.1, 0.15) is 11.4 Å². The van der Waals surface area contributed by atoms with Crippen LogP contribution in [0, 0.1) is 5.92 Å². The van der Waals surface area contributed by atoms with Crippen molar-refractivity contribution in [3.63, 3.8) is 0 Å². The number of likely N-dealkylation sites (tertiary alicyclic amines) is 2. The number of hydrogen-bond donors (Lipinski definition) is 4. The number of carbonyl (C=O) groups excluding carboxylic acids is 2. The lowest BCUT2D eigenvalue weighted by Crippen LogP contribution is -2.73. The molecule has 224 valence electrons. The third-order valence-electron chi connectivity index (χ3n) is 9.89. The SMILES string of the molecule is C/C(C(=O)N1CC[C@H](NC(=O)OC(C)(C)C)C1)=C(/O)[C@@H]1Oc2c(O)ccc3c2[C@@]12CCN(CC1CC1)[C@H](C3)[C@@]2(C)O. The number of piperidine rings is 1. The number of aromatic hydroxyl groups is 1. The van der Waals surface area contributed by atoms with Crippen LogP contribution in [0.1, 0.15) is 71.4 Å². The molecule has 1 saturated carbocycles. The van der Waals surface area contributed by atoms with E-state index in [-0.39, 0.29) is 40.8 Å². The third-order valence-corrected chi connectivity index (χ3v) is 9.89. The van der Waals surface area contributed by atoms with Crippen molar-refractivity contribution in [3.05, 3.63) is 34.6 Å². The highest BCUT2D eigenvalue weighted by atomic mass is 16.6. The summed E-state index contributed by atoms with van der Waals surface area (Å²) in [6, 6.07) is 3.09. The Kier molecular flexibility index (Phi) is 6.54. The summed E-state index contributed by atoms with van der Waals surface area (Å²) >= 11 is 0. The Morgan fingerprint density at radius 3 is 2.61 bits per heavy atom. The van der Waals surface area contributed by atoms with E-state index in [0.29, 0.717) is 38.3 Å². The number of aliphatic hydroxyl groups is 2. The predicted octanol–water partition coefficient (Wildman–Crippen LogP) is 3.14. The van der Waals surface area contributed by atoms with Gasteiger partial charge in [-0.3, -0.25) is 9.69 Å². The summed E-state index contributed by atoms with van der Waals surface area (Å²) in [6.45, 7) is 11.2. The number of fused-ring (bicyclic) bond motifs is 1. The van der Waals surface area contributed by atoms with E-state index in [1.807, 2.05) is 13.0 Å². The number of rotatable bonds is 5. The van der Waals surface area contributed by atoms with Crippen molar-refractivity contribution >= 4 is 12.0 Å². The number of carbonyl (C=O) groups is 2. The smallest absolute Gasteiger partial charge is 0.407 e. The van der Waals surface area contributed by atoms with Gasteiger partial charge in [0.2, 0.25) is 0 Å². The monoisotopic (exact) mass is 569 g/mol. The van der Waals surface area contributed by atoms with Crippen LogP contribution in [0.2, 0.25) is 0 Å². The quantitative estimate of drug-likeness (QED) is 0.314. The van der Waals surface area contributed by atoms with Gasteiger partial charge in [0.15, 0.2) is 17.6 Å². The molecule has 4 N–H and O–H groups in total. The molecule has 3 heterocycles. The minimum Gasteiger partial charge on any atom is -0.508 e. The average molecular weight is 570 g/mol. The number of phenols is 1. The van der Waals surface area contributed by atoms with Crippen LogP contribution >= 0.6 is 0 Å². The highest BCUT2D eigenvalue weighted by molar-refractivity contribution is 5.94. The Balaban J connectivity index is 1.28. The Morgan fingerprint density at radius 2 is 1.93 bits per heavy atom. The largest absolute Gasteiger partial charge is 0.508 e. The minimum atomic E-state index is -1.27. The molecular weight excluding hydrogens is 526 g/mol. The lowest BCUT2D eigenvalue weighted by Gasteiger charge is -2.59. The van der Waals surface area contributed by atoms with E-state index in [9.17, 15) is 24.9 Å². The highest BCUT2D eigenvalue weighted by Crippen LogP contribution is 2.63. The number of benzene rings is 1. The number of amides is 2. The van der Waals surface area contributed by atoms with E-state index in [4.69, 9.17) is 9.47 Å². The molecule has 0 aromatic heterocycles. The number of aliphatic hydroxyl groups excluding tert-OH is 1. The number of alkyl carbamates (subject to hydrolysis) is 1. The lowest BCUT2D eigenvalue weighted by atomic mass is 9.53. The molecule has 2 bridgehead atoms. The lowest BCUT2D eigenvalue weighted by molar-refractivity contribution is -0.153. The van der Waals surface area contributed by atoms with Crippen LogP contribution in [0.15, 0.2) is 23.5 Å². The van der Waals surface area contributed by atoms with Crippen LogP contribution in [-0.2, 0) is 21.4 Å².